The Morgan fingerprint density at radius 2 is 1.54 bits per heavy atom. The highest BCUT2D eigenvalue weighted by Crippen LogP contribution is 2.41. The van der Waals surface area contributed by atoms with E-state index in [2.05, 4.69) is 5.32 Å². The molecule has 1 amide bonds. The smallest absolute Gasteiger partial charge is 0.339 e. The maximum atomic E-state index is 13.7. The van der Waals surface area contributed by atoms with Crippen LogP contribution in [0.4, 0.5) is 30.7 Å². The Labute approximate surface area is 199 Å². The first kappa shape index (κ1) is 27.0. The van der Waals surface area contributed by atoms with E-state index in [1.54, 1.807) is 13.0 Å². The van der Waals surface area contributed by atoms with Gasteiger partial charge in [0.05, 0.1) is 17.2 Å². The third-order valence-corrected chi connectivity index (χ3v) is 6.88. The Bertz CT molecular complexity index is 1040. The molecular weight excluding hydrogens is 477 g/mol. The summed E-state index contributed by atoms with van der Waals surface area (Å²) >= 11 is 0. The van der Waals surface area contributed by atoms with Gasteiger partial charge in [0, 0.05) is 18.9 Å². The fourth-order valence-electron chi connectivity index (χ4n) is 4.74. The summed E-state index contributed by atoms with van der Waals surface area (Å²) in [6.07, 6.45) is -8.80. The number of carbonyl (C=O) groups excluding carboxylic acids is 1. The minimum absolute atomic E-state index is 0.00686. The molecule has 1 saturated heterocycles. The van der Waals surface area contributed by atoms with Crippen molar-refractivity contribution >= 4 is 5.91 Å². The first-order valence-corrected chi connectivity index (χ1v) is 11.2. The number of hydrogen-bond donors (Lipinski definition) is 1. The molecule has 3 rings (SSSR count). The number of hydrogen-bond acceptors (Lipinski definition) is 2. The molecule has 1 N–H and O–H groups in total. The topological polar surface area (TPSA) is 32.3 Å². The lowest BCUT2D eigenvalue weighted by molar-refractivity contribution is -0.143. The molecule has 1 aliphatic heterocycles. The van der Waals surface area contributed by atoms with E-state index >= 15 is 0 Å². The number of carbonyl (C=O) groups is 1. The third-order valence-electron chi connectivity index (χ3n) is 6.88. The van der Waals surface area contributed by atoms with Crippen LogP contribution >= 0.6 is 0 Å². The number of amides is 1. The lowest BCUT2D eigenvalue weighted by atomic mass is 9.69. The van der Waals surface area contributed by atoms with E-state index in [1.165, 1.54) is 31.0 Å². The van der Waals surface area contributed by atoms with E-state index in [0.29, 0.717) is 43.6 Å². The Morgan fingerprint density at radius 3 is 2.03 bits per heavy atom. The van der Waals surface area contributed by atoms with E-state index < -0.39 is 46.7 Å². The molecule has 0 saturated carbocycles. The first-order valence-electron chi connectivity index (χ1n) is 11.2. The maximum absolute atomic E-state index is 13.7. The highest BCUT2D eigenvalue weighted by molar-refractivity contribution is 5.78. The van der Waals surface area contributed by atoms with Gasteiger partial charge in [-0.25, -0.2) is 4.39 Å². The number of aryl methyl sites for hydroxylation is 1. The van der Waals surface area contributed by atoms with Gasteiger partial charge in [0.2, 0.25) is 5.91 Å². The first-order chi connectivity index (χ1) is 16.1. The molecule has 0 bridgehead atoms. The summed E-state index contributed by atoms with van der Waals surface area (Å²) in [5.74, 6) is -0.827. The van der Waals surface area contributed by atoms with Gasteiger partial charge < -0.3 is 10.2 Å². The quantitative estimate of drug-likeness (QED) is 0.478. The van der Waals surface area contributed by atoms with Crippen LogP contribution in [0, 0.1) is 12.7 Å². The standard InChI is InChI=1S/C25H27F7N2O/c1-15-10-20(26)4-5-21(15)23(6-8-33-9-7-23)14-22(35)34(3)16(2)17-11-18(24(27,28)29)13-19(12-17)25(30,31)32/h4-5,10-13,16,33H,6-9,14H2,1-3H3/t16-/m1/s1. The van der Waals surface area contributed by atoms with Crippen molar-refractivity contribution in [3.05, 3.63) is 70.0 Å². The average molecular weight is 504 g/mol. The van der Waals surface area contributed by atoms with Crippen LogP contribution in [-0.2, 0) is 22.6 Å². The van der Waals surface area contributed by atoms with Crippen LogP contribution in [0.1, 0.15) is 60.0 Å². The van der Waals surface area contributed by atoms with Gasteiger partial charge in [-0.15, -0.1) is 0 Å². The van der Waals surface area contributed by atoms with Gasteiger partial charge in [-0.05, 0) is 86.8 Å². The van der Waals surface area contributed by atoms with Gasteiger partial charge in [0.15, 0.2) is 0 Å². The lowest BCUT2D eigenvalue weighted by Crippen LogP contribution is -2.44. The van der Waals surface area contributed by atoms with Crippen LogP contribution in [0.3, 0.4) is 0 Å². The number of rotatable bonds is 5. The molecular formula is C25H27F7N2O. The van der Waals surface area contributed by atoms with E-state index in [0.717, 1.165) is 5.56 Å². The van der Waals surface area contributed by atoms with Crippen LogP contribution in [0.25, 0.3) is 0 Å². The summed E-state index contributed by atoms with van der Waals surface area (Å²) in [5, 5.41) is 3.22. The molecule has 2 aromatic rings. The van der Waals surface area contributed by atoms with Crippen LogP contribution in [0.5, 0.6) is 0 Å². The zero-order chi connectivity index (χ0) is 26.2. The third kappa shape index (κ3) is 5.97. The molecule has 1 fully saturated rings. The zero-order valence-corrected chi connectivity index (χ0v) is 19.6. The van der Waals surface area contributed by atoms with E-state index in [-0.39, 0.29) is 18.1 Å². The van der Waals surface area contributed by atoms with E-state index in [1.807, 2.05) is 0 Å². The number of nitrogens with zero attached hydrogens (tertiary/aromatic N) is 1. The number of halogens is 7. The van der Waals surface area contributed by atoms with Crippen molar-refractivity contribution in [2.45, 2.75) is 56.9 Å². The predicted octanol–water partition coefficient (Wildman–Crippen LogP) is 6.40. The molecule has 0 radical (unpaired) electrons. The van der Waals surface area contributed by atoms with Crippen LogP contribution in [0.15, 0.2) is 36.4 Å². The molecule has 1 aliphatic rings. The monoisotopic (exact) mass is 504 g/mol. The Hall–Kier alpha value is -2.62. The van der Waals surface area contributed by atoms with Crippen molar-refractivity contribution in [1.29, 1.82) is 0 Å². The second kappa shape index (κ2) is 9.79. The predicted molar refractivity (Wildman–Crippen MR) is 117 cm³/mol. The molecule has 1 atom stereocenters. The number of piperidine rings is 1. The highest BCUT2D eigenvalue weighted by atomic mass is 19.4. The van der Waals surface area contributed by atoms with E-state index in [4.69, 9.17) is 0 Å². The summed E-state index contributed by atoms with van der Waals surface area (Å²) < 4.78 is 93.5. The summed E-state index contributed by atoms with van der Waals surface area (Å²) in [4.78, 5) is 14.5. The molecule has 2 aromatic carbocycles. The van der Waals surface area contributed by atoms with Crippen LogP contribution < -0.4 is 5.32 Å². The Balaban J connectivity index is 1.93. The molecule has 1 heterocycles. The van der Waals surface area contributed by atoms with Crippen LogP contribution in [0.2, 0.25) is 0 Å². The van der Waals surface area contributed by atoms with Gasteiger partial charge in [-0.2, -0.15) is 26.3 Å². The lowest BCUT2D eigenvalue weighted by Gasteiger charge is -2.40. The second-order valence-electron chi connectivity index (χ2n) is 9.19. The minimum atomic E-state index is -4.97. The van der Waals surface area contributed by atoms with Gasteiger partial charge >= 0.3 is 12.4 Å². The SMILES string of the molecule is Cc1cc(F)ccc1C1(CC(=O)N(C)[C@H](C)c2cc(C(F)(F)F)cc(C(F)(F)F)c2)CCNCC1. The fourth-order valence-corrected chi connectivity index (χ4v) is 4.74. The Kier molecular flexibility index (Phi) is 7.55. The van der Waals surface area contributed by atoms with Gasteiger partial charge in [0.25, 0.3) is 0 Å². The molecule has 0 unspecified atom stereocenters. The molecule has 0 aliphatic carbocycles. The van der Waals surface area contributed by atoms with Crippen molar-refractivity contribution in [3.63, 3.8) is 0 Å². The minimum Gasteiger partial charge on any atom is -0.339 e. The normalized spacial score (nSPS) is 17.2. The molecule has 10 heteroatoms. The van der Waals surface area contributed by atoms with Crippen molar-refractivity contribution in [3.8, 4) is 0 Å². The van der Waals surface area contributed by atoms with Crippen LogP contribution in [-0.4, -0.2) is 30.9 Å². The maximum Gasteiger partial charge on any atom is 0.416 e. The number of alkyl halides is 6. The fraction of sp³-hybridized carbons (Fsp3) is 0.480. The summed E-state index contributed by atoms with van der Waals surface area (Å²) in [6, 6.07) is 4.68. The summed E-state index contributed by atoms with van der Waals surface area (Å²) in [6.45, 7) is 4.38. The molecule has 0 spiro atoms. The molecule has 192 valence electrons. The van der Waals surface area contributed by atoms with E-state index in [9.17, 15) is 35.5 Å². The van der Waals surface area contributed by atoms with Gasteiger partial charge in [-0.1, -0.05) is 6.07 Å². The molecule has 3 nitrogen and oxygen atoms in total. The van der Waals surface area contributed by atoms with Gasteiger partial charge in [0.1, 0.15) is 5.82 Å². The van der Waals surface area contributed by atoms with Crippen molar-refractivity contribution in [2.24, 2.45) is 0 Å². The Morgan fingerprint density at radius 1 is 1.00 bits per heavy atom. The summed E-state index contributed by atoms with van der Waals surface area (Å²) in [7, 11) is 1.37. The van der Waals surface area contributed by atoms with Crippen molar-refractivity contribution < 1.29 is 35.5 Å². The second-order valence-corrected chi connectivity index (χ2v) is 9.19. The number of benzene rings is 2. The highest BCUT2D eigenvalue weighted by Gasteiger charge is 2.40. The molecule has 0 aromatic heterocycles. The average Bonchev–Trinajstić information content (AvgIpc) is 2.77. The largest absolute Gasteiger partial charge is 0.416 e. The summed E-state index contributed by atoms with van der Waals surface area (Å²) in [5.41, 5.74) is -2.24. The van der Waals surface area contributed by atoms with Crippen molar-refractivity contribution in [1.82, 2.24) is 10.2 Å². The molecule has 35 heavy (non-hydrogen) atoms. The number of nitrogens with one attached hydrogen (secondary N) is 1. The van der Waals surface area contributed by atoms with Crippen molar-refractivity contribution in [2.75, 3.05) is 20.1 Å². The van der Waals surface area contributed by atoms with Gasteiger partial charge in [-0.3, -0.25) is 4.79 Å². The zero-order valence-electron chi connectivity index (χ0n) is 19.6.